The monoisotopic (exact) mass is 353 g/mol. The van der Waals surface area contributed by atoms with Gasteiger partial charge in [-0.3, -0.25) is 0 Å². The van der Waals surface area contributed by atoms with E-state index in [0.29, 0.717) is 23.7 Å². The van der Waals surface area contributed by atoms with Crippen LogP contribution in [0.2, 0.25) is 0 Å². The largest absolute Gasteiger partial charge is 0.490 e. The molecule has 1 aromatic carbocycles. The fourth-order valence-corrected chi connectivity index (χ4v) is 3.66. The molecule has 2 aromatic rings. The Morgan fingerprint density at radius 1 is 1.26 bits per heavy atom. The summed E-state index contributed by atoms with van der Waals surface area (Å²) in [6.07, 6.45) is 1.34. The van der Waals surface area contributed by atoms with Gasteiger partial charge < -0.3 is 9.47 Å². The van der Waals surface area contributed by atoms with Crippen LogP contribution in [0.3, 0.4) is 0 Å². The predicted octanol–water partition coefficient (Wildman–Crippen LogP) is 3.74. The molecule has 0 spiro atoms. The molecule has 0 aliphatic heterocycles. The number of hydrogen-bond acceptors (Lipinski definition) is 5. The van der Waals surface area contributed by atoms with Crippen LogP contribution >= 0.6 is 11.3 Å². The number of benzene rings is 1. The Morgan fingerprint density at radius 2 is 2.04 bits per heavy atom. The third kappa shape index (κ3) is 4.80. The van der Waals surface area contributed by atoms with Crippen molar-refractivity contribution in [2.24, 2.45) is 4.40 Å². The lowest BCUT2D eigenvalue weighted by molar-refractivity contribution is 0.224. The minimum atomic E-state index is -3.65. The van der Waals surface area contributed by atoms with Gasteiger partial charge >= 0.3 is 0 Å². The Labute approximate surface area is 140 Å². The van der Waals surface area contributed by atoms with Crippen molar-refractivity contribution in [2.75, 3.05) is 6.61 Å². The van der Waals surface area contributed by atoms with Gasteiger partial charge in [0.05, 0.1) is 12.7 Å². The van der Waals surface area contributed by atoms with Crippen molar-refractivity contribution >= 4 is 27.6 Å². The van der Waals surface area contributed by atoms with Crippen LogP contribution in [0.1, 0.15) is 26.3 Å². The Hall–Kier alpha value is -1.86. The summed E-state index contributed by atoms with van der Waals surface area (Å²) in [6.45, 7) is 6.22. The van der Waals surface area contributed by atoms with Crippen molar-refractivity contribution in [3.63, 3.8) is 0 Å². The lowest BCUT2D eigenvalue weighted by Crippen LogP contribution is -2.07. The number of ether oxygens (including phenoxy) is 2. The summed E-state index contributed by atoms with van der Waals surface area (Å²) < 4.78 is 39.3. The third-order valence-electron chi connectivity index (χ3n) is 2.72. The maximum Gasteiger partial charge on any atom is 0.291 e. The summed E-state index contributed by atoms with van der Waals surface area (Å²) in [7, 11) is -3.65. The normalized spacial score (nSPS) is 12.0. The van der Waals surface area contributed by atoms with Crippen molar-refractivity contribution < 1.29 is 17.9 Å². The van der Waals surface area contributed by atoms with E-state index in [-0.39, 0.29) is 10.3 Å². The number of thiophene rings is 1. The van der Waals surface area contributed by atoms with Gasteiger partial charge in [-0.2, -0.15) is 12.8 Å². The van der Waals surface area contributed by atoms with E-state index < -0.39 is 10.0 Å². The van der Waals surface area contributed by atoms with Crippen molar-refractivity contribution in [1.29, 1.82) is 0 Å². The van der Waals surface area contributed by atoms with E-state index in [4.69, 9.17) is 9.47 Å². The van der Waals surface area contributed by atoms with Crippen molar-refractivity contribution in [1.82, 2.24) is 0 Å². The van der Waals surface area contributed by atoms with Crippen molar-refractivity contribution in [3.8, 4) is 11.5 Å². The molecule has 0 aliphatic rings. The number of nitrogens with zero attached hydrogens (tertiary/aromatic N) is 1. The average Bonchev–Trinajstić information content (AvgIpc) is 3.02. The first-order valence-corrected chi connectivity index (χ1v) is 9.51. The Bertz CT molecular complexity index is 765. The molecule has 0 N–H and O–H groups in total. The molecule has 1 heterocycles. The van der Waals surface area contributed by atoms with E-state index in [9.17, 15) is 8.42 Å². The third-order valence-corrected chi connectivity index (χ3v) is 5.33. The second-order valence-corrected chi connectivity index (χ2v) is 7.75. The highest BCUT2D eigenvalue weighted by molar-refractivity contribution is 7.92. The quantitative estimate of drug-likeness (QED) is 0.711. The zero-order valence-electron chi connectivity index (χ0n) is 13.2. The van der Waals surface area contributed by atoms with Crippen molar-refractivity contribution in [2.45, 2.75) is 31.1 Å². The summed E-state index contributed by atoms with van der Waals surface area (Å²) in [6, 6.07) is 8.42. The molecule has 23 heavy (non-hydrogen) atoms. The van der Waals surface area contributed by atoms with Gasteiger partial charge in [0, 0.05) is 6.21 Å². The molecule has 1 aromatic heterocycles. The minimum Gasteiger partial charge on any atom is -0.490 e. The first-order chi connectivity index (χ1) is 10.9. The smallest absolute Gasteiger partial charge is 0.291 e. The van der Waals surface area contributed by atoms with Crippen LogP contribution < -0.4 is 9.47 Å². The first kappa shape index (κ1) is 17.5. The van der Waals surface area contributed by atoms with Gasteiger partial charge in [-0.15, -0.1) is 11.3 Å². The Morgan fingerprint density at radius 3 is 2.65 bits per heavy atom. The Balaban J connectivity index is 2.26. The van der Waals surface area contributed by atoms with Crippen LogP contribution in [0.25, 0.3) is 0 Å². The van der Waals surface area contributed by atoms with E-state index in [1.807, 2.05) is 20.8 Å². The zero-order chi connectivity index (χ0) is 16.9. The molecular formula is C16H19NO4S2. The highest BCUT2D eigenvalue weighted by Crippen LogP contribution is 2.29. The summed E-state index contributed by atoms with van der Waals surface area (Å²) in [4.78, 5) is 0. The molecule has 124 valence electrons. The Kier molecular flexibility index (Phi) is 5.79. The van der Waals surface area contributed by atoms with Gasteiger partial charge in [-0.05, 0) is 56.0 Å². The van der Waals surface area contributed by atoms with E-state index in [2.05, 4.69) is 4.40 Å². The molecule has 0 saturated carbocycles. The molecule has 0 atom stereocenters. The van der Waals surface area contributed by atoms with Crippen LogP contribution in [0.15, 0.2) is 44.3 Å². The van der Waals surface area contributed by atoms with Gasteiger partial charge in [0.25, 0.3) is 10.0 Å². The van der Waals surface area contributed by atoms with Gasteiger partial charge in [-0.25, -0.2) is 0 Å². The molecule has 0 saturated heterocycles. The molecule has 5 nitrogen and oxygen atoms in total. The van der Waals surface area contributed by atoms with Gasteiger partial charge in [0.15, 0.2) is 11.5 Å². The second kappa shape index (κ2) is 7.61. The van der Waals surface area contributed by atoms with E-state index in [0.717, 1.165) is 11.3 Å². The molecule has 0 radical (unpaired) electrons. The van der Waals surface area contributed by atoms with E-state index >= 15 is 0 Å². The maximum atomic E-state index is 12.0. The van der Waals surface area contributed by atoms with Gasteiger partial charge in [-0.1, -0.05) is 6.07 Å². The van der Waals surface area contributed by atoms with Crippen LogP contribution in [0.5, 0.6) is 11.5 Å². The molecule has 0 bridgehead atoms. The van der Waals surface area contributed by atoms with Gasteiger partial charge in [0.2, 0.25) is 0 Å². The van der Waals surface area contributed by atoms with Crippen LogP contribution in [-0.4, -0.2) is 27.3 Å². The lowest BCUT2D eigenvalue weighted by Gasteiger charge is -2.14. The predicted molar refractivity (Wildman–Crippen MR) is 92.5 cm³/mol. The highest BCUT2D eigenvalue weighted by Gasteiger charge is 2.13. The molecular weight excluding hydrogens is 334 g/mol. The fraction of sp³-hybridized carbons (Fsp3) is 0.312. The topological polar surface area (TPSA) is 65.0 Å². The molecule has 0 fully saturated rings. The van der Waals surface area contributed by atoms with Crippen LogP contribution in [-0.2, 0) is 10.0 Å². The molecule has 7 heteroatoms. The average molecular weight is 353 g/mol. The summed E-state index contributed by atoms with van der Waals surface area (Å²) in [5.74, 6) is 1.19. The fourth-order valence-electron chi connectivity index (χ4n) is 1.82. The van der Waals surface area contributed by atoms with Crippen LogP contribution in [0, 0.1) is 0 Å². The molecule has 2 rings (SSSR count). The highest BCUT2D eigenvalue weighted by atomic mass is 32.2. The maximum absolute atomic E-state index is 12.0. The van der Waals surface area contributed by atoms with Crippen LogP contribution in [0.4, 0.5) is 0 Å². The summed E-state index contributed by atoms with van der Waals surface area (Å²) >= 11 is 1.14. The summed E-state index contributed by atoms with van der Waals surface area (Å²) in [5.41, 5.74) is 0.629. The van der Waals surface area contributed by atoms with E-state index in [1.54, 1.807) is 29.6 Å². The number of rotatable bonds is 7. The van der Waals surface area contributed by atoms with Crippen molar-refractivity contribution in [3.05, 3.63) is 41.3 Å². The zero-order valence-corrected chi connectivity index (χ0v) is 14.9. The number of sulfonamides is 1. The molecule has 0 unspecified atom stereocenters. The van der Waals surface area contributed by atoms with E-state index in [1.165, 1.54) is 12.3 Å². The lowest BCUT2D eigenvalue weighted by atomic mass is 10.2. The second-order valence-electron chi connectivity index (χ2n) is 4.95. The minimum absolute atomic E-state index is 0.0212. The molecule has 0 aliphatic carbocycles. The first-order valence-electron chi connectivity index (χ1n) is 7.19. The van der Waals surface area contributed by atoms with Gasteiger partial charge in [0.1, 0.15) is 4.21 Å². The number of hydrogen-bond donors (Lipinski definition) is 0. The standard InChI is InChI=1S/C16H19NO4S2/c1-4-20-15-10-13(7-8-14(15)21-12(2)3)11-17-23(18,19)16-6-5-9-22-16/h5-12H,4H2,1-3H3/b17-11-. The molecule has 0 amide bonds. The SMILES string of the molecule is CCOc1cc(/C=N\S(=O)(=O)c2cccs2)ccc1OC(C)C. The summed E-state index contributed by atoms with van der Waals surface area (Å²) in [5, 5.41) is 1.70.